The largest absolute Gasteiger partial charge is 0.487 e. The van der Waals surface area contributed by atoms with Crippen molar-refractivity contribution in [3.8, 4) is 5.75 Å². The quantitative estimate of drug-likeness (QED) is 0.467. The normalized spacial score (nSPS) is 14.4. The first kappa shape index (κ1) is 20.7. The lowest BCUT2D eigenvalue weighted by atomic mass is 9.73. The van der Waals surface area contributed by atoms with E-state index in [0.29, 0.717) is 6.61 Å². The molecule has 3 aromatic carbocycles. The molecule has 4 heteroatoms. The zero-order chi connectivity index (χ0) is 22.0. The van der Waals surface area contributed by atoms with Crippen molar-refractivity contribution in [2.24, 2.45) is 0 Å². The van der Waals surface area contributed by atoms with E-state index in [0.717, 1.165) is 29.1 Å². The van der Waals surface area contributed by atoms with Crippen LogP contribution in [0.5, 0.6) is 5.75 Å². The molecule has 0 aromatic heterocycles. The van der Waals surface area contributed by atoms with Crippen molar-refractivity contribution >= 4 is 22.9 Å². The first-order valence-corrected chi connectivity index (χ1v) is 10.5. The Morgan fingerprint density at radius 3 is 2.45 bits per heavy atom. The fourth-order valence-electron chi connectivity index (χ4n) is 3.90. The van der Waals surface area contributed by atoms with Crippen LogP contribution in [-0.4, -0.2) is 11.1 Å². The molecule has 0 fully saturated rings. The Morgan fingerprint density at radius 2 is 1.77 bits per heavy atom. The van der Waals surface area contributed by atoms with Crippen LogP contribution in [0, 0.1) is 0 Å². The highest BCUT2D eigenvalue weighted by atomic mass is 16.5. The Morgan fingerprint density at radius 1 is 1.06 bits per heavy atom. The third-order valence-corrected chi connectivity index (χ3v) is 5.84. The number of carboxylic acid groups (broad SMARTS) is 1. The van der Waals surface area contributed by atoms with Crippen LogP contribution in [0.2, 0.25) is 0 Å². The molecule has 0 spiro atoms. The molecule has 0 amide bonds. The maximum absolute atomic E-state index is 11.2. The lowest BCUT2D eigenvalue weighted by molar-refractivity contribution is 0.0697. The van der Waals surface area contributed by atoms with E-state index in [9.17, 15) is 4.79 Å². The van der Waals surface area contributed by atoms with Gasteiger partial charge in [0.05, 0.1) is 11.3 Å². The summed E-state index contributed by atoms with van der Waals surface area (Å²) in [5, 5.41) is 12.6. The highest BCUT2D eigenvalue weighted by Gasteiger charge is 2.28. The molecule has 158 valence electrons. The van der Waals surface area contributed by atoms with Gasteiger partial charge in [0.1, 0.15) is 12.4 Å². The van der Waals surface area contributed by atoms with Crippen LogP contribution in [-0.2, 0) is 12.0 Å². The molecular formula is C27H27NO3. The number of rotatable bonds is 6. The molecule has 31 heavy (non-hydrogen) atoms. The minimum atomic E-state index is -0.935. The standard InChI is InChI=1S/C27H27NO3/c1-18-13-14-27(2,3)23-16-25(31-17-19-7-5-4-6-8-19)24(15-22(18)23)28-21-11-9-20(10-12-21)26(29)30/h4-13,15-16,28H,14,17H2,1-3H3,(H,29,30). The number of hydrogen-bond acceptors (Lipinski definition) is 3. The Kier molecular flexibility index (Phi) is 5.55. The monoisotopic (exact) mass is 413 g/mol. The number of anilines is 2. The van der Waals surface area contributed by atoms with Gasteiger partial charge in [0, 0.05) is 5.69 Å². The first-order chi connectivity index (χ1) is 14.8. The molecule has 1 aliphatic carbocycles. The van der Waals surface area contributed by atoms with E-state index in [1.807, 2.05) is 30.3 Å². The number of allylic oxidation sites excluding steroid dienone is 2. The number of ether oxygens (including phenoxy) is 1. The van der Waals surface area contributed by atoms with Crippen LogP contribution in [0.15, 0.2) is 72.8 Å². The molecule has 0 saturated heterocycles. The summed E-state index contributed by atoms with van der Waals surface area (Å²) in [7, 11) is 0. The molecule has 0 radical (unpaired) electrons. The average Bonchev–Trinajstić information content (AvgIpc) is 2.76. The van der Waals surface area contributed by atoms with Gasteiger partial charge in [-0.2, -0.15) is 0 Å². The highest BCUT2D eigenvalue weighted by molar-refractivity contribution is 5.88. The van der Waals surface area contributed by atoms with Crippen molar-refractivity contribution in [2.45, 2.75) is 39.2 Å². The summed E-state index contributed by atoms with van der Waals surface area (Å²) < 4.78 is 6.28. The van der Waals surface area contributed by atoms with Gasteiger partial charge in [-0.3, -0.25) is 0 Å². The van der Waals surface area contributed by atoms with E-state index in [4.69, 9.17) is 9.84 Å². The number of carbonyl (C=O) groups is 1. The third-order valence-electron chi connectivity index (χ3n) is 5.84. The van der Waals surface area contributed by atoms with Gasteiger partial charge in [0.2, 0.25) is 0 Å². The van der Waals surface area contributed by atoms with Crippen molar-refractivity contribution < 1.29 is 14.6 Å². The average molecular weight is 414 g/mol. The zero-order valence-electron chi connectivity index (χ0n) is 18.1. The SMILES string of the molecule is CC1=CCC(C)(C)c2cc(OCc3ccccc3)c(Nc3ccc(C(=O)O)cc3)cc21. The lowest BCUT2D eigenvalue weighted by Gasteiger charge is -2.32. The molecular weight excluding hydrogens is 386 g/mol. The number of nitrogens with one attached hydrogen (secondary N) is 1. The molecule has 0 unspecified atom stereocenters. The molecule has 0 bridgehead atoms. The summed E-state index contributed by atoms with van der Waals surface area (Å²) in [6, 6.07) is 21.2. The number of aromatic carboxylic acids is 1. The molecule has 0 saturated carbocycles. The number of fused-ring (bicyclic) bond motifs is 1. The van der Waals surface area contributed by atoms with E-state index in [1.54, 1.807) is 24.3 Å². The maximum Gasteiger partial charge on any atom is 0.335 e. The second-order valence-electron chi connectivity index (χ2n) is 8.65. The van der Waals surface area contributed by atoms with Crippen LogP contribution in [0.4, 0.5) is 11.4 Å². The molecule has 4 rings (SSSR count). The predicted octanol–water partition coefficient (Wildman–Crippen LogP) is 6.79. The lowest BCUT2D eigenvalue weighted by Crippen LogP contribution is -2.21. The topological polar surface area (TPSA) is 58.6 Å². The van der Waals surface area contributed by atoms with Crippen LogP contribution < -0.4 is 10.1 Å². The van der Waals surface area contributed by atoms with Gasteiger partial charge in [-0.25, -0.2) is 4.79 Å². The molecule has 4 nitrogen and oxygen atoms in total. The Balaban J connectivity index is 1.71. The third kappa shape index (κ3) is 4.48. The van der Waals surface area contributed by atoms with Crippen molar-refractivity contribution in [2.75, 3.05) is 5.32 Å². The minimum absolute atomic E-state index is 0.0291. The van der Waals surface area contributed by atoms with Gasteiger partial charge >= 0.3 is 5.97 Å². The van der Waals surface area contributed by atoms with Crippen molar-refractivity contribution in [3.05, 3.63) is 95.1 Å². The molecule has 0 atom stereocenters. The van der Waals surface area contributed by atoms with Crippen molar-refractivity contribution in [3.63, 3.8) is 0 Å². The number of carboxylic acids is 1. The molecule has 1 aliphatic rings. The van der Waals surface area contributed by atoms with E-state index in [1.165, 1.54) is 16.7 Å². The van der Waals surface area contributed by atoms with Crippen LogP contribution in [0.1, 0.15) is 54.2 Å². The fourth-order valence-corrected chi connectivity index (χ4v) is 3.90. The molecule has 3 aromatic rings. The highest BCUT2D eigenvalue weighted by Crippen LogP contribution is 2.44. The van der Waals surface area contributed by atoms with Crippen molar-refractivity contribution in [1.29, 1.82) is 0 Å². The van der Waals surface area contributed by atoms with E-state index >= 15 is 0 Å². The van der Waals surface area contributed by atoms with E-state index < -0.39 is 5.97 Å². The Hall–Kier alpha value is -3.53. The summed E-state index contributed by atoms with van der Waals surface area (Å²) in [6.07, 6.45) is 3.28. The summed E-state index contributed by atoms with van der Waals surface area (Å²) in [5.74, 6) is -0.150. The van der Waals surface area contributed by atoms with Crippen molar-refractivity contribution in [1.82, 2.24) is 0 Å². The van der Waals surface area contributed by atoms with E-state index in [-0.39, 0.29) is 11.0 Å². The summed E-state index contributed by atoms with van der Waals surface area (Å²) in [6.45, 7) is 7.13. The van der Waals surface area contributed by atoms with Gasteiger partial charge < -0.3 is 15.2 Å². The number of benzene rings is 3. The van der Waals surface area contributed by atoms with Gasteiger partial charge in [-0.15, -0.1) is 0 Å². The maximum atomic E-state index is 11.2. The van der Waals surface area contributed by atoms with Crippen LogP contribution >= 0.6 is 0 Å². The predicted molar refractivity (Wildman–Crippen MR) is 125 cm³/mol. The molecule has 2 N–H and O–H groups in total. The molecule has 0 aliphatic heterocycles. The summed E-state index contributed by atoms with van der Waals surface area (Å²) in [4.78, 5) is 11.2. The summed E-state index contributed by atoms with van der Waals surface area (Å²) >= 11 is 0. The second kappa shape index (κ2) is 8.31. The summed E-state index contributed by atoms with van der Waals surface area (Å²) in [5.41, 5.74) is 6.82. The molecule has 0 heterocycles. The van der Waals surface area contributed by atoms with Gasteiger partial charge in [-0.05, 0) is 77.4 Å². The van der Waals surface area contributed by atoms with Gasteiger partial charge in [0.25, 0.3) is 0 Å². The van der Waals surface area contributed by atoms with Crippen LogP contribution in [0.25, 0.3) is 5.57 Å². The Bertz CT molecular complexity index is 1130. The van der Waals surface area contributed by atoms with Crippen LogP contribution in [0.3, 0.4) is 0 Å². The van der Waals surface area contributed by atoms with Gasteiger partial charge in [0.15, 0.2) is 0 Å². The first-order valence-electron chi connectivity index (χ1n) is 10.5. The smallest absolute Gasteiger partial charge is 0.335 e. The number of hydrogen-bond donors (Lipinski definition) is 2. The minimum Gasteiger partial charge on any atom is -0.487 e. The van der Waals surface area contributed by atoms with Gasteiger partial charge in [-0.1, -0.05) is 50.3 Å². The fraction of sp³-hybridized carbons (Fsp3) is 0.222. The van der Waals surface area contributed by atoms with E-state index in [2.05, 4.69) is 44.3 Å². The second-order valence-corrected chi connectivity index (χ2v) is 8.65. The zero-order valence-corrected chi connectivity index (χ0v) is 18.1. The Labute approximate surface area is 183 Å².